The molecule has 2 aromatic rings. The quantitative estimate of drug-likeness (QED) is 0.914. The van der Waals surface area contributed by atoms with Gasteiger partial charge in [0.1, 0.15) is 5.75 Å². The molecule has 4 rings (SSSR count). The Morgan fingerprint density at radius 1 is 1.23 bits per heavy atom. The minimum absolute atomic E-state index is 0.232. The normalized spacial score (nSPS) is 19.1. The van der Waals surface area contributed by atoms with Crippen LogP contribution in [0, 0.1) is 5.92 Å². The molecular formula is C21H26N2O3. The van der Waals surface area contributed by atoms with E-state index in [2.05, 4.69) is 28.1 Å². The summed E-state index contributed by atoms with van der Waals surface area (Å²) in [7, 11) is 1.63. The van der Waals surface area contributed by atoms with E-state index in [1.165, 1.54) is 16.8 Å². The number of anilines is 1. The lowest BCUT2D eigenvalue weighted by molar-refractivity contribution is 0.0900. The third-order valence-corrected chi connectivity index (χ3v) is 5.66. The highest BCUT2D eigenvalue weighted by atomic mass is 16.5. The largest absolute Gasteiger partial charge is 0.496 e. The molecule has 0 bridgehead atoms. The second kappa shape index (κ2) is 7.64. The third kappa shape index (κ3) is 3.41. The third-order valence-electron chi connectivity index (χ3n) is 5.66. The number of ether oxygens (including phenoxy) is 2. The molecule has 0 radical (unpaired) electrons. The van der Waals surface area contributed by atoms with Gasteiger partial charge in [0.2, 0.25) is 0 Å². The zero-order valence-corrected chi connectivity index (χ0v) is 15.2. The first kappa shape index (κ1) is 17.3. The number of hydrogen-bond acceptors (Lipinski definition) is 5. The predicted molar refractivity (Wildman–Crippen MR) is 100 cm³/mol. The molecule has 0 aliphatic carbocycles. The van der Waals surface area contributed by atoms with Crippen LogP contribution in [-0.4, -0.2) is 36.9 Å². The Morgan fingerprint density at radius 3 is 2.88 bits per heavy atom. The van der Waals surface area contributed by atoms with Gasteiger partial charge in [-0.05, 0) is 54.5 Å². The molecule has 1 fully saturated rings. The van der Waals surface area contributed by atoms with E-state index < -0.39 is 6.10 Å². The van der Waals surface area contributed by atoms with E-state index in [9.17, 15) is 5.11 Å². The average Bonchev–Trinajstić information content (AvgIpc) is 2.73. The van der Waals surface area contributed by atoms with Gasteiger partial charge in [-0.2, -0.15) is 0 Å². The first-order valence-corrected chi connectivity index (χ1v) is 9.36. The topological polar surface area (TPSA) is 54.8 Å². The molecule has 138 valence electrons. The number of hydrogen-bond donors (Lipinski definition) is 1. The zero-order valence-electron chi connectivity index (χ0n) is 15.2. The van der Waals surface area contributed by atoms with E-state index in [1.807, 2.05) is 6.07 Å². The Labute approximate surface area is 154 Å². The number of rotatable bonds is 4. The van der Waals surface area contributed by atoms with Crippen LogP contribution in [0.4, 0.5) is 5.69 Å². The van der Waals surface area contributed by atoms with E-state index in [-0.39, 0.29) is 5.92 Å². The number of aromatic nitrogens is 1. The fraction of sp³-hybridized carbons (Fsp3) is 0.476. The van der Waals surface area contributed by atoms with Crippen LogP contribution in [0.1, 0.15) is 35.6 Å². The van der Waals surface area contributed by atoms with Gasteiger partial charge in [0.25, 0.3) is 0 Å². The summed E-state index contributed by atoms with van der Waals surface area (Å²) >= 11 is 0. The minimum Gasteiger partial charge on any atom is -0.496 e. The van der Waals surface area contributed by atoms with Gasteiger partial charge in [-0.1, -0.05) is 6.07 Å². The van der Waals surface area contributed by atoms with Crippen molar-refractivity contribution < 1.29 is 14.6 Å². The molecule has 0 spiro atoms. The standard InChI is InChI=1S/C21H26N2O3/c1-25-20-4-8-22-13-19(20)21(24)15-5-9-23(10-6-15)18-3-2-17-14-26-11-7-16(17)12-18/h2-4,8,12-13,15,21,24H,5-7,9-11,14H2,1H3. The molecule has 2 aliphatic rings. The highest BCUT2D eigenvalue weighted by Crippen LogP contribution is 2.36. The Balaban J connectivity index is 1.42. The first-order chi connectivity index (χ1) is 12.8. The number of nitrogens with zero attached hydrogens (tertiary/aromatic N) is 2. The molecule has 0 amide bonds. The monoisotopic (exact) mass is 354 g/mol. The maximum absolute atomic E-state index is 10.8. The molecule has 1 unspecified atom stereocenters. The van der Waals surface area contributed by atoms with Gasteiger partial charge in [-0.15, -0.1) is 0 Å². The molecule has 3 heterocycles. The second-order valence-corrected chi connectivity index (χ2v) is 7.14. The van der Waals surface area contributed by atoms with Crippen LogP contribution in [0.15, 0.2) is 36.7 Å². The van der Waals surface area contributed by atoms with Crippen molar-refractivity contribution in [2.24, 2.45) is 5.92 Å². The van der Waals surface area contributed by atoms with Crippen molar-refractivity contribution in [3.8, 4) is 5.75 Å². The molecular weight excluding hydrogens is 328 g/mol. The summed E-state index contributed by atoms with van der Waals surface area (Å²) in [5.74, 6) is 0.946. The Morgan fingerprint density at radius 2 is 2.08 bits per heavy atom. The first-order valence-electron chi connectivity index (χ1n) is 9.36. The number of aliphatic hydroxyl groups is 1. The van der Waals surface area contributed by atoms with Crippen LogP contribution in [-0.2, 0) is 17.8 Å². The molecule has 26 heavy (non-hydrogen) atoms. The van der Waals surface area contributed by atoms with Gasteiger partial charge in [-0.3, -0.25) is 4.98 Å². The van der Waals surface area contributed by atoms with Crippen molar-refractivity contribution in [3.05, 3.63) is 53.3 Å². The lowest BCUT2D eigenvalue weighted by Gasteiger charge is -2.36. The number of benzene rings is 1. The van der Waals surface area contributed by atoms with Crippen molar-refractivity contribution in [2.75, 3.05) is 31.7 Å². The second-order valence-electron chi connectivity index (χ2n) is 7.14. The Bertz CT molecular complexity index is 757. The number of methoxy groups -OCH3 is 1. The van der Waals surface area contributed by atoms with E-state index in [1.54, 1.807) is 19.5 Å². The Hall–Kier alpha value is -2.11. The SMILES string of the molecule is COc1ccncc1C(O)C1CCN(c2ccc3c(c2)CCOC3)CC1. The molecule has 1 aromatic heterocycles. The van der Waals surface area contributed by atoms with Crippen molar-refractivity contribution >= 4 is 5.69 Å². The van der Waals surface area contributed by atoms with Gasteiger partial charge in [0.05, 0.1) is 26.4 Å². The fourth-order valence-electron chi connectivity index (χ4n) is 4.08. The molecule has 1 atom stereocenters. The van der Waals surface area contributed by atoms with Gasteiger partial charge < -0.3 is 19.5 Å². The summed E-state index contributed by atoms with van der Waals surface area (Å²) in [5, 5.41) is 10.8. The number of fused-ring (bicyclic) bond motifs is 1. The zero-order chi connectivity index (χ0) is 17.9. The number of pyridine rings is 1. The van der Waals surface area contributed by atoms with Gasteiger partial charge >= 0.3 is 0 Å². The van der Waals surface area contributed by atoms with Crippen molar-refractivity contribution in [1.29, 1.82) is 0 Å². The van der Waals surface area contributed by atoms with Crippen molar-refractivity contribution in [2.45, 2.75) is 32.0 Å². The fourth-order valence-corrected chi connectivity index (χ4v) is 4.08. The summed E-state index contributed by atoms with van der Waals surface area (Å²) in [6.07, 6.45) is 5.81. The van der Waals surface area contributed by atoms with Crippen LogP contribution in [0.5, 0.6) is 5.75 Å². The molecule has 0 saturated carbocycles. The van der Waals surface area contributed by atoms with E-state index in [0.717, 1.165) is 51.1 Å². The van der Waals surface area contributed by atoms with Crippen LogP contribution >= 0.6 is 0 Å². The van der Waals surface area contributed by atoms with Crippen molar-refractivity contribution in [1.82, 2.24) is 4.98 Å². The summed E-state index contributed by atoms with van der Waals surface area (Å²) in [6, 6.07) is 8.53. The number of aliphatic hydroxyl groups excluding tert-OH is 1. The summed E-state index contributed by atoms with van der Waals surface area (Å²) in [5.41, 5.74) is 4.81. The highest BCUT2D eigenvalue weighted by molar-refractivity contribution is 5.52. The van der Waals surface area contributed by atoms with Crippen molar-refractivity contribution in [3.63, 3.8) is 0 Å². The van der Waals surface area contributed by atoms with Crippen LogP contribution < -0.4 is 9.64 Å². The lowest BCUT2D eigenvalue weighted by Crippen LogP contribution is -2.35. The van der Waals surface area contributed by atoms with Gasteiger partial charge in [0, 0.05) is 36.7 Å². The smallest absolute Gasteiger partial charge is 0.127 e. The molecule has 1 aromatic carbocycles. The maximum atomic E-state index is 10.8. The molecule has 5 nitrogen and oxygen atoms in total. The summed E-state index contributed by atoms with van der Waals surface area (Å²) in [4.78, 5) is 6.58. The number of piperidine rings is 1. The molecule has 2 aliphatic heterocycles. The van der Waals surface area contributed by atoms with Gasteiger partial charge in [0.15, 0.2) is 0 Å². The average molecular weight is 354 g/mol. The van der Waals surface area contributed by atoms with Crippen LogP contribution in [0.2, 0.25) is 0 Å². The summed E-state index contributed by atoms with van der Waals surface area (Å²) < 4.78 is 10.9. The maximum Gasteiger partial charge on any atom is 0.127 e. The molecule has 1 N–H and O–H groups in total. The molecule has 5 heteroatoms. The van der Waals surface area contributed by atoms with E-state index in [4.69, 9.17) is 9.47 Å². The minimum atomic E-state index is -0.526. The lowest BCUT2D eigenvalue weighted by atomic mass is 9.87. The highest BCUT2D eigenvalue weighted by Gasteiger charge is 2.28. The van der Waals surface area contributed by atoms with Crippen LogP contribution in [0.3, 0.4) is 0 Å². The van der Waals surface area contributed by atoms with Gasteiger partial charge in [-0.25, -0.2) is 0 Å². The van der Waals surface area contributed by atoms with E-state index >= 15 is 0 Å². The summed E-state index contributed by atoms with van der Waals surface area (Å²) in [6.45, 7) is 3.47. The predicted octanol–water partition coefficient (Wildman–Crippen LogP) is 3.11. The Kier molecular flexibility index (Phi) is 5.09. The molecule has 1 saturated heterocycles. The van der Waals surface area contributed by atoms with Crippen LogP contribution in [0.25, 0.3) is 0 Å². The van der Waals surface area contributed by atoms with E-state index in [0.29, 0.717) is 5.75 Å².